The van der Waals surface area contributed by atoms with Crippen LogP contribution in [0.5, 0.6) is 0 Å². The number of piperazine rings is 1. The second kappa shape index (κ2) is 5.67. The molecule has 1 aromatic heterocycles. The molecule has 4 heteroatoms. The Hall–Kier alpha value is -0.840. The molecule has 96 valence electrons. The van der Waals surface area contributed by atoms with E-state index in [2.05, 4.69) is 42.2 Å². The third kappa shape index (κ3) is 2.89. The van der Waals surface area contributed by atoms with Crippen molar-refractivity contribution >= 4 is 0 Å². The van der Waals surface area contributed by atoms with Gasteiger partial charge >= 0.3 is 0 Å². The maximum atomic E-state index is 5.22. The van der Waals surface area contributed by atoms with Crippen LogP contribution in [0.15, 0.2) is 23.0 Å². The van der Waals surface area contributed by atoms with Gasteiger partial charge < -0.3 is 14.6 Å². The molecular weight excluding hydrogens is 214 g/mol. The van der Waals surface area contributed by atoms with Crippen molar-refractivity contribution in [2.24, 2.45) is 0 Å². The Labute approximate surface area is 104 Å². The van der Waals surface area contributed by atoms with Crippen LogP contribution in [0.4, 0.5) is 0 Å². The van der Waals surface area contributed by atoms with Gasteiger partial charge in [-0.05, 0) is 26.7 Å². The van der Waals surface area contributed by atoms with Crippen LogP contribution in [0.2, 0.25) is 0 Å². The molecule has 0 radical (unpaired) electrons. The molecule has 17 heavy (non-hydrogen) atoms. The van der Waals surface area contributed by atoms with Crippen LogP contribution in [-0.2, 0) is 0 Å². The van der Waals surface area contributed by atoms with E-state index in [1.807, 2.05) is 6.26 Å². The molecule has 0 saturated carbocycles. The van der Waals surface area contributed by atoms with Crippen LogP contribution in [0.25, 0.3) is 0 Å². The van der Waals surface area contributed by atoms with E-state index in [9.17, 15) is 0 Å². The van der Waals surface area contributed by atoms with Gasteiger partial charge in [0.1, 0.15) is 0 Å². The summed E-state index contributed by atoms with van der Waals surface area (Å²) in [5.74, 6) is 0. The van der Waals surface area contributed by atoms with Crippen LogP contribution in [-0.4, -0.2) is 56.1 Å². The van der Waals surface area contributed by atoms with Gasteiger partial charge in [0.15, 0.2) is 0 Å². The molecule has 0 spiro atoms. The smallest absolute Gasteiger partial charge is 0.0950 e. The molecule has 1 N–H and O–H groups in total. The Balaban J connectivity index is 2.14. The third-order valence-corrected chi connectivity index (χ3v) is 3.61. The highest BCUT2D eigenvalue weighted by Gasteiger charge is 2.30. The van der Waals surface area contributed by atoms with E-state index in [4.69, 9.17) is 4.42 Å². The Kier molecular flexibility index (Phi) is 4.20. The minimum atomic E-state index is 0.353. The maximum Gasteiger partial charge on any atom is 0.0950 e. The number of likely N-dealkylation sites (N-methyl/N-ethyl adjacent to an activating group) is 3. The Morgan fingerprint density at radius 3 is 2.94 bits per heavy atom. The lowest BCUT2D eigenvalue weighted by Crippen LogP contribution is -2.55. The highest BCUT2D eigenvalue weighted by molar-refractivity contribution is 5.15. The van der Waals surface area contributed by atoms with Crippen LogP contribution >= 0.6 is 0 Å². The van der Waals surface area contributed by atoms with Gasteiger partial charge in [-0.15, -0.1) is 0 Å². The quantitative estimate of drug-likeness (QED) is 0.852. The number of hydrogen-bond donors (Lipinski definition) is 1. The summed E-state index contributed by atoms with van der Waals surface area (Å²) in [5, 5.41) is 3.58. The number of nitrogens with one attached hydrogen (secondary N) is 1. The lowest BCUT2D eigenvalue weighted by atomic mass is 9.98. The lowest BCUT2D eigenvalue weighted by Gasteiger charge is -2.42. The first kappa shape index (κ1) is 12.6. The fourth-order valence-electron chi connectivity index (χ4n) is 2.55. The zero-order valence-corrected chi connectivity index (χ0v) is 11.0. The van der Waals surface area contributed by atoms with Gasteiger partial charge in [0, 0.05) is 31.2 Å². The Morgan fingerprint density at radius 2 is 2.29 bits per heavy atom. The average molecular weight is 237 g/mol. The van der Waals surface area contributed by atoms with E-state index < -0.39 is 0 Å². The first-order valence-electron chi connectivity index (χ1n) is 6.36. The molecule has 2 heterocycles. The van der Waals surface area contributed by atoms with E-state index in [0.29, 0.717) is 12.1 Å². The SMILES string of the molecule is CCNC(c1ccoc1)C1CN(C)CCN1C. The van der Waals surface area contributed by atoms with E-state index in [0.717, 1.165) is 26.2 Å². The molecule has 1 aromatic rings. The van der Waals surface area contributed by atoms with Crippen LogP contribution < -0.4 is 5.32 Å². The minimum Gasteiger partial charge on any atom is -0.472 e. The summed E-state index contributed by atoms with van der Waals surface area (Å²) in [6.45, 7) is 6.50. The van der Waals surface area contributed by atoms with Crippen molar-refractivity contribution in [3.8, 4) is 0 Å². The van der Waals surface area contributed by atoms with Crippen LogP contribution in [0.1, 0.15) is 18.5 Å². The van der Waals surface area contributed by atoms with Gasteiger partial charge in [-0.25, -0.2) is 0 Å². The number of furan rings is 1. The zero-order valence-electron chi connectivity index (χ0n) is 11.0. The summed E-state index contributed by atoms with van der Waals surface area (Å²) in [6, 6.07) is 2.92. The first-order chi connectivity index (χ1) is 8.22. The molecule has 0 aliphatic carbocycles. The average Bonchev–Trinajstić information content (AvgIpc) is 2.83. The van der Waals surface area contributed by atoms with Crippen LogP contribution in [0.3, 0.4) is 0 Å². The summed E-state index contributed by atoms with van der Waals surface area (Å²) >= 11 is 0. The Morgan fingerprint density at radius 1 is 1.47 bits per heavy atom. The molecule has 1 aliphatic rings. The monoisotopic (exact) mass is 237 g/mol. The van der Waals surface area contributed by atoms with Crippen molar-refractivity contribution in [2.75, 3.05) is 40.3 Å². The summed E-state index contributed by atoms with van der Waals surface area (Å²) < 4.78 is 5.22. The van der Waals surface area contributed by atoms with Gasteiger partial charge in [-0.3, -0.25) is 4.90 Å². The highest BCUT2D eigenvalue weighted by atomic mass is 16.3. The van der Waals surface area contributed by atoms with Gasteiger partial charge in [0.2, 0.25) is 0 Å². The van der Waals surface area contributed by atoms with E-state index >= 15 is 0 Å². The molecule has 4 nitrogen and oxygen atoms in total. The summed E-state index contributed by atoms with van der Waals surface area (Å²) in [5.41, 5.74) is 1.25. The zero-order chi connectivity index (χ0) is 12.3. The lowest BCUT2D eigenvalue weighted by molar-refractivity contribution is 0.0879. The highest BCUT2D eigenvalue weighted by Crippen LogP contribution is 2.23. The molecule has 2 unspecified atom stereocenters. The van der Waals surface area contributed by atoms with Gasteiger partial charge in [0.05, 0.1) is 18.6 Å². The van der Waals surface area contributed by atoms with Gasteiger partial charge in [-0.2, -0.15) is 0 Å². The molecule has 2 rings (SSSR count). The second-order valence-corrected chi connectivity index (χ2v) is 4.90. The largest absolute Gasteiger partial charge is 0.472 e. The molecule has 0 amide bonds. The van der Waals surface area contributed by atoms with E-state index in [-0.39, 0.29) is 0 Å². The molecule has 1 saturated heterocycles. The first-order valence-corrected chi connectivity index (χ1v) is 6.36. The molecule has 0 aromatic carbocycles. The van der Waals surface area contributed by atoms with Crippen molar-refractivity contribution in [1.82, 2.24) is 15.1 Å². The van der Waals surface area contributed by atoms with Gasteiger partial charge in [0.25, 0.3) is 0 Å². The van der Waals surface area contributed by atoms with Gasteiger partial charge in [-0.1, -0.05) is 6.92 Å². The number of nitrogens with zero attached hydrogens (tertiary/aromatic N) is 2. The third-order valence-electron chi connectivity index (χ3n) is 3.61. The fourth-order valence-corrected chi connectivity index (χ4v) is 2.55. The minimum absolute atomic E-state index is 0.353. The van der Waals surface area contributed by atoms with E-state index in [1.165, 1.54) is 5.56 Å². The predicted octanol–water partition coefficient (Wildman–Crippen LogP) is 1.18. The van der Waals surface area contributed by atoms with Crippen LogP contribution in [0, 0.1) is 0 Å². The van der Waals surface area contributed by atoms with Crippen molar-refractivity contribution in [3.63, 3.8) is 0 Å². The topological polar surface area (TPSA) is 31.7 Å². The molecule has 0 bridgehead atoms. The second-order valence-electron chi connectivity index (χ2n) is 4.90. The number of hydrogen-bond acceptors (Lipinski definition) is 4. The molecular formula is C13H23N3O. The molecule has 1 fully saturated rings. The standard InChI is InChI=1S/C13H23N3O/c1-4-14-13(11-5-8-17-10-11)12-9-15(2)6-7-16(12)3/h5,8,10,12-14H,4,6-7,9H2,1-3H3. The number of rotatable bonds is 4. The van der Waals surface area contributed by atoms with Crippen molar-refractivity contribution in [2.45, 2.75) is 19.0 Å². The maximum absolute atomic E-state index is 5.22. The fraction of sp³-hybridized carbons (Fsp3) is 0.692. The van der Waals surface area contributed by atoms with Crippen molar-refractivity contribution < 1.29 is 4.42 Å². The predicted molar refractivity (Wildman–Crippen MR) is 69.0 cm³/mol. The summed E-state index contributed by atoms with van der Waals surface area (Å²) in [7, 11) is 4.40. The summed E-state index contributed by atoms with van der Waals surface area (Å²) in [4.78, 5) is 4.84. The van der Waals surface area contributed by atoms with E-state index in [1.54, 1.807) is 6.26 Å². The summed E-state index contributed by atoms with van der Waals surface area (Å²) in [6.07, 6.45) is 3.61. The Bertz CT molecular complexity index is 325. The molecule has 1 aliphatic heterocycles. The normalized spacial score (nSPS) is 25.0. The van der Waals surface area contributed by atoms with Crippen molar-refractivity contribution in [1.29, 1.82) is 0 Å². The molecule has 2 atom stereocenters. The van der Waals surface area contributed by atoms with Crippen molar-refractivity contribution in [3.05, 3.63) is 24.2 Å².